The molecule has 4 nitrogen and oxygen atoms in total. The summed E-state index contributed by atoms with van der Waals surface area (Å²) in [5.74, 6) is 0.467. The lowest BCUT2D eigenvalue weighted by Gasteiger charge is -2.41. The molecule has 2 aromatic rings. The summed E-state index contributed by atoms with van der Waals surface area (Å²) in [5.41, 5.74) is 5.67. The van der Waals surface area contributed by atoms with E-state index in [1.807, 2.05) is 18.3 Å². The van der Waals surface area contributed by atoms with Crippen LogP contribution in [-0.4, -0.2) is 34.1 Å². The average molecular weight is 455 g/mol. The fourth-order valence-corrected chi connectivity index (χ4v) is 5.33. The third kappa shape index (κ3) is 3.94. The van der Waals surface area contributed by atoms with Gasteiger partial charge in [0.25, 0.3) is 0 Å². The lowest BCUT2D eigenvalue weighted by atomic mass is 9.86. The molecule has 1 saturated heterocycles. The molecule has 164 valence electrons. The van der Waals surface area contributed by atoms with E-state index in [-0.39, 0.29) is 17.6 Å². The second kappa shape index (κ2) is 8.10. The summed E-state index contributed by atoms with van der Waals surface area (Å²) in [6, 6.07) is 10.3. The minimum Gasteiger partial charge on any atom is -0.365 e. The highest BCUT2D eigenvalue weighted by molar-refractivity contribution is 7.80. The Morgan fingerprint density at radius 2 is 2.00 bits per heavy atom. The number of pyridine rings is 1. The fraction of sp³-hybridized carbons (Fsp3) is 0.440. The molecule has 3 heterocycles. The van der Waals surface area contributed by atoms with Crippen molar-refractivity contribution in [2.45, 2.75) is 52.2 Å². The van der Waals surface area contributed by atoms with Crippen molar-refractivity contribution in [3.8, 4) is 0 Å². The van der Waals surface area contributed by atoms with E-state index < -0.39 is 0 Å². The Bertz CT molecular complexity index is 1030. The van der Waals surface area contributed by atoms with Gasteiger partial charge in [-0.3, -0.25) is 4.98 Å². The molecule has 6 heteroatoms. The largest absolute Gasteiger partial charge is 0.365 e. The molecule has 4 rings (SSSR count). The van der Waals surface area contributed by atoms with E-state index in [9.17, 15) is 0 Å². The predicted octanol–water partition coefficient (Wildman–Crippen LogP) is 6.00. The van der Waals surface area contributed by atoms with Gasteiger partial charge in [-0.15, -0.1) is 0 Å². The maximum Gasteiger partial charge on any atom is 0.170 e. The fourth-order valence-electron chi connectivity index (χ4n) is 4.75. The number of hydrogen-bond donors (Lipinski definition) is 1. The monoisotopic (exact) mass is 454 g/mol. The highest BCUT2D eigenvalue weighted by atomic mass is 35.5. The SMILES string of the molecule is CC1=CC(C)(C)N(C)c2cc(Cl)c([C@H]3[C@H](c4ccccn4)NC(=S)N3CC(C)C)cc21. The minimum absolute atomic E-state index is 0.0179. The summed E-state index contributed by atoms with van der Waals surface area (Å²) in [6.07, 6.45) is 4.16. The number of benzene rings is 1. The van der Waals surface area contributed by atoms with Crippen molar-refractivity contribution in [2.24, 2.45) is 5.92 Å². The van der Waals surface area contributed by atoms with E-state index in [4.69, 9.17) is 23.8 Å². The van der Waals surface area contributed by atoms with Gasteiger partial charge in [0.2, 0.25) is 0 Å². The van der Waals surface area contributed by atoms with E-state index in [1.165, 1.54) is 11.1 Å². The molecule has 0 amide bonds. The van der Waals surface area contributed by atoms with Crippen LogP contribution in [0.3, 0.4) is 0 Å². The van der Waals surface area contributed by atoms with Crippen molar-refractivity contribution in [3.63, 3.8) is 0 Å². The Morgan fingerprint density at radius 3 is 2.65 bits per heavy atom. The molecule has 0 saturated carbocycles. The summed E-state index contributed by atoms with van der Waals surface area (Å²) in [6.45, 7) is 11.9. The number of fused-ring (bicyclic) bond motifs is 1. The van der Waals surface area contributed by atoms with Crippen LogP contribution in [0.4, 0.5) is 5.69 Å². The van der Waals surface area contributed by atoms with E-state index in [2.05, 4.69) is 86.0 Å². The highest BCUT2D eigenvalue weighted by Gasteiger charge is 2.41. The summed E-state index contributed by atoms with van der Waals surface area (Å²) in [7, 11) is 2.13. The van der Waals surface area contributed by atoms with Gasteiger partial charge < -0.3 is 15.1 Å². The number of nitrogens with zero attached hydrogens (tertiary/aromatic N) is 3. The number of nitrogens with one attached hydrogen (secondary N) is 1. The second-order valence-corrected chi connectivity index (χ2v) is 10.4. The quantitative estimate of drug-likeness (QED) is 0.573. The average Bonchev–Trinajstić information content (AvgIpc) is 3.02. The summed E-state index contributed by atoms with van der Waals surface area (Å²) in [5, 5.41) is 5.05. The molecule has 1 aromatic heterocycles. The number of halogens is 1. The van der Waals surface area contributed by atoms with Gasteiger partial charge in [0.15, 0.2) is 5.11 Å². The molecule has 0 radical (unpaired) electrons. The van der Waals surface area contributed by atoms with Crippen LogP contribution in [-0.2, 0) is 0 Å². The Hall–Kier alpha value is -2.11. The van der Waals surface area contributed by atoms with Gasteiger partial charge in [-0.25, -0.2) is 0 Å². The van der Waals surface area contributed by atoms with Crippen LogP contribution in [0.1, 0.15) is 63.5 Å². The first-order chi connectivity index (χ1) is 14.6. The zero-order valence-electron chi connectivity index (χ0n) is 19.1. The molecular weight excluding hydrogens is 424 g/mol. The number of rotatable bonds is 4. The molecular formula is C25H31ClN4S. The molecule has 2 atom stereocenters. The Kier molecular flexibility index (Phi) is 5.78. The number of thiocarbonyl (C=S) groups is 1. The molecule has 0 aliphatic carbocycles. The molecule has 1 aromatic carbocycles. The maximum atomic E-state index is 6.99. The molecule has 2 aliphatic rings. The molecule has 31 heavy (non-hydrogen) atoms. The van der Waals surface area contributed by atoms with Gasteiger partial charge >= 0.3 is 0 Å². The molecule has 1 N–H and O–H groups in total. The third-order valence-corrected chi connectivity index (χ3v) is 7.09. The van der Waals surface area contributed by atoms with Gasteiger partial charge in [-0.1, -0.05) is 37.6 Å². The maximum absolute atomic E-state index is 6.99. The number of hydrogen-bond acceptors (Lipinski definition) is 3. The molecule has 1 fully saturated rings. The number of anilines is 1. The van der Waals surface area contributed by atoms with Crippen LogP contribution in [0, 0.1) is 5.92 Å². The van der Waals surface area contributed by atoms with Crippen LogP contribution in [0.5, 0.6) is 0 Å². The minimum atomic E-state index is -0.0570. The Morgan fingerprint density at radius 1 is 1.26 bits per heavy atom. The zero-order chi connectivity index (χ0) is 22.5. The van der Waals surface area contributed by atoms with E-state index >= 15 is 0 Å². The molecule has 0 bridgehead atoms. The van der Waals surface area contributed by atoms with E-state index in [1.54, 1.807) is 0 Å². The van der Waals surface area contributed by atoms with Crippen molar-refractivity contribution in [1.82, 2.24) is 15.2 Å². The van der Waals surface area contributed by atoms with Gasteiger partial charge in [0, 0.05) is 36.1 Å². The van der Waals surface area contributed by atoms with Crippen molar-refractivity contribution < 1.29 is 0 Å². The highest BCUT2D eigenvalue weighted by Crippen LogP contribution is 2.46. The van der Waals surface area contributed by atoms with Crippen LogP contribution in [0.15, 0.2) is 42.6 Å². The second-order valence-electron chi connectivity index (χ2n) is 9.60. The Labute approximate surface area is 196 Å². The smallest absolute Gasteiger partial charge is 0.170 e. The van der Waals surface area contributed by atoms with E-state index in [0.717, 1.165) is 33.6 Å². The van der Waals surface area contributed by atoms with Crippen LogP contribution in [0.2, 0.25) is 5.02 Å². The number of likely N-dealkylation sites (N-methyl/N-ethyl adjacent to an activating group) is 1. The van der Waals surface area contributed by atoms with Crippen molar-refractivity contribution >= 4 is 40.2 Å². The van der Waals surface area contributed by atoms with Crippen molar-refractivity contribution in [1.29, 1.82) is 0 Å². The van der Waals surface area contributed by atoms with Gasteiger partial charge in [-0.2, -0.15) is 0 Å². The van der Waals surface area contributed by atoms with Crippen LogP contribution >= 0.6 is 23.8 Å². The zero-order valence-corrected chi connectivity index (χ0v) is 20.7. The summed E-state index contributed by atoms with van der Waals surface area (Å²) < 4.78 is 0. The van der Waals surface area contributed by atoms with Crippen LogP contribution < -0.4 is 10.2 Å². The van der Waals surface area contributed by atoms with Gasteiger partial charge in [0.1, 0.15) is 0 Å². The lowest BCUT2D eigenvalue weighted by Crippen LogP contribution is -2.42. The predicted molar refractivity (Wildman–Crippen MR) is 135 cm³/mol. The Balaban J connectivity index is 1.86. The third-order valence-electron chi connectivity index (χ3n) is 6.41. The standard InChI is InChI=1S/C25H31ClN4S/c1-15(2)14-30-23(22(28-24(30)31)20-9-7-8-10-27-20)18-11-17-16(3)13-25(4,5)29(6)21(17)12-19(18)26/h7-13,15,22-23H,14H2,1-6H3,(H,28,31)/t22-,23-/m0/s1. The first-order valence-electron chi connectivity index (χ1n) is 10.9. The lowest BCUT2D eigenvalue weighted by molar-refractivity contribution is 0.288. The first kappa shape index (κ1) is 22.1. The van der Waals surface area contributed by atoms with E-state index in [0.29, 0.717) is 5.92 Å². The summed E-state index contributed by atoms with van der Waals surface area (Å²) in [4.78, 5) is 9.21. The topological polar surface area (TPSA) is 31.4 Å². The first-order valence-corrected chi connectivity index (χ1v) is 11.6. The normalized spacial score (nSPS) is 22.5. The molecule has 0 unspecified atom stereocenters. The van der Waals surface area contributed by atoms with Crippen molar-refractivity contribution in [2.75, 3.05) is 18.5 Å². The van der Waals surface area contributed by atoms with Gasteiger partial charge in [-0.05, 0) is 74.3 Å². The van der Waals surface area contributed by atoms with Crippen LogP contribution in [0.25, 0.3) is 5.57 Å². The molecule has 2 aliphatic heterocycles. The molecule has 0 spiro atoms. The number of allylic oxidation sites excluding steroid dienone is 1. The number of aromatic nitrogens is 1. The van der Waals surface area contributed by atoms with Crippen molar-refractivity contribution in [3.05, 3.63) is 64.4 Å². The summed E-state index contributed by atoms with van der Waals surface area (Å²) >= 11 is 12.8. The van der Waals surface area contributed by atoms with Gasteiger partial charge in [0.05, 0.1) is 23.3 Å².